The van der Waals surface area contributed by atoms with Gasteiger partial charge in [-0.1, -0.05) is 0 Å². The number of hydrogen-bond donors (Lipinski definition) is 1. The Balaban J connectivity index is 3.56. The third-order valence-electron chi connectivity index (χ3n) is 4.22. The lowest BCUT2D eigenvalue weighted by Gasteiger charge is -2.61. The Bertz CT molecular complexity index is 332. The molecule has 1 fully saturated rings. The van der Waals surface area contributed by atoms with Gasteiger partial charge in [-0.3, -0.25) is 5.73 Å². The van der Waals surface area contributed by atoms with Gasteiger partial charge in [-0.2, -0.15) is 0 Å². The zero-order chi connectivity index (χ0) is 15.7. The van der Waals surface area contributed by atoms with Crippen LogP contribution in [0.1, 0.15) is 6.92 Å². The van der Waals surface area contributed by atoms with Crippen molar-refractivity contribution >= 4 is 0 Å². The van der Waals surface area contributed by atoms with E-state index in [0.29, 0.717) is 0 Å². The molecule has 2 atom stereocenters. The second-order valence-electron chi connectivity index (χ2n) is 4.58. The SMILES string of the molecule is COC1(N)OCC(OC)(OC)C(OC)(OC)C1(C)OC. The fourth-order valence-electron chi connectivity index (χ4n) is 2.81. The van der Waals surface area contributed by atoms with Crippen molar-refractivity contribution < 1.29 is 33.2 Å². The molecule has 20 heavy (non-hydrogen) atoms. The third-order valence-corrected chi connectivity index (χ3v) is 4.22. The van der Waals surface area contributed by atoms with Gasteiger partial charge in [0.05, 0.1) is 0 Å². The Morgan fingerprint density at radius 1 is 0.800 bits per heavy atom. The van der Waals surface area contributed by atoms with Crippen molar-refractivity contribution in [1.82, 2.24) is 0 Å². The van der Waals surface area contributed by atoms with Gasteiger partial charge in [0, 0.05) is 42.7 Å². The number of methoxy groups -OCH3 is 6. The highest BCUT2D eigenvalue weighted by molar-refractivity contribution is 5.12. The minimum absolute atomic E-state index is 0.0784. The molecule has 0 bridgehead atoms. The molecule has 120 valence electrons. The molecule has 8 nitrogen and oxygen atoms in total. The number of nitrogens with two attached hydrogens (primary N) is 1. The molecule has 0 aliphatic carbocycles. The van der Waals surface area contributed by atoms with E-state index >= 15 is 0 Å². The topological polar surface area (TPSA) is 90.6 Å². The Kier molecular flexibility index (Phi) is 5.16. The average Bonchev–Trinajstić information content (AvgIpc) is 2.50. The predicted molar refractivity (Wildman–Crippen MR) is 68.8 cm³/mol. The van der Waals surface area contributed by atoms with Gasteiger partial charge in [0.15, 0.2) is 5.60 Å². The monoisotopic (exact) mass is 295 g/mol. The molecule has 1 heterocycles. The Hall–Kier alpha value is -0.320. The fraction of sp³-hybridized carbons (Fsp3) is 1.00. The van der Waals surface area contributed by atoms with E-state index in [1.165, 1.54) is 42.7 Å². The first-order chi connectivity index (χ1) is 9.32. The van der Waals surface area contributed by atoms with Crippen molar-refractivity contribution in [2.24, 2.45) is 5.73 Å². The van der Waals surface area contributed by atoms with E-state index in [0.717, 1.165) is 0 Å². The number of ether oxygens (including phenoxy) is 7. The smallest absolute Gasteiger partial charge is 0.262 e. The zero-order valence-corrected chi connectivity index (χ0v) is 13.1. The number of rotatable bonds is 6. The van der Waals surface area contributed by atoms with Crippen LogP contribution in [-0.2, 0) is 33.2 Å². The van der Waals surface area contributed by atoms with E-state index in [4.69, 9.17) is 38.9 Å². The summed E-state index contributed by atoms with van der Waals surface area (Å²) in [5, 5.41) is 0. The van der Waals surface area contributed by atoms with Crippen molar-refractivity contribution in [2.75, 3.05) is 49.3 Å². The Morgan fingerprint density at radius 3 is 1.60 bits per heavy atom. The first kappa shape index (κ1) is 17.7. The van der Waals surface area contributed by atoms with E-state index in [-0.39, 0.29) is 6.61 Å². The maximum atomic E-state index is 6.16. The van der Waals surface area contributed by atoms with Gasteiger partial charge >= 0.3 is 0 Å². The van der Waals surface area contributed by atoms with Gasteiger partial charge in [0.25, 0.3) is 17.5 Å². The van der Waals surface area contributed by atoms with Gasteiger partial charge < -0.3 is 33.2 Å². The first-order valence-corrected chi connectivity index (χ1v) is 6.06. The molecule has 1 aliphatic heterocycles. The molecule has 1 rings (SSSR count). The molecule has 1 aliphatic rings. The molecule has 2 unspecified atom stereocenters. The summed E-state index contributed by atoms with van der Waals surface area (Å²) in [6.45, 7) is 1.56. The van der Waals surface area contributed by atoms with Gasteiger partial charge in [-0.15, -0.1) is 0 Å². The minimum atomic E-state index is -1.62. The summed E-state index contributed by atoms with van der Waals surface area (Å²) in [7, 11) is 8.63. The highest BCUT2D eigenvalue weighted by Crippen LogP contribution is 2.50. The van der Waals surface area contributed by atoms with Crippen LogP contribution < -0.4 is 5.73 Å². The maximum Gasteiger partial charge on any atom is 0.262 e. The van der Waals surface area contributed by atoms with Gasteiger partial charge in [0.2, 0.25) is 0 Å². The summed E-state index contributed by atoms with van der Waals surface area (Å²) in [6, 6.07) is 0. The van der Waals surface area contributed by atoms with Crippen LogP contribution in [0.2, 0.25) is 0 Å². The summed E-state index contributed by atoms with van der Waals surface area (Å²) in [6.07, 6.45) is 0. The standard InChI is InChI=1S/C12H25NO7/c1-9(14-2)11(17-5,18-6)10(15-3,16-4)8-20-12(9,13)19-7/h8,13H2,1-7H3. The molecule has 1 saturated heterocycles. The van der Waals surface area contributed by atoms with Crippen molar-refractivity contribution in [1.29, 1.82) is 0 Å². The lowest BCUT2D eigenvalue weighted by molar-refractivity contribution is -0.517. The van der Waals surface area contributed by atoms with Crippen LogP contribution in [0.15, 0.2) is 0 Å². The largest absolute Gasteiger partial charge is 0.366 e. The quantitative estimate of drug-likeness (QED) is 0.666. The van der Waals surface area contributed by atoms with Crippen LogP contribution in [-0.4, -0.2) is 72.4 Å². The van der Waals surface area contributed by atoms with Crippen LogP contribution in [0.25, 0.3) is 0 Å². The molecule has 0 amide bonds. The maximum absolute atomic E-state index is 6.16. The predicted octanol–water partition coefficient (Wildman–Crippen LogP) is -0.341. The molecule has 0 saturated carbocycles. The van der Waals surface area contributed by atoms with Gasteiger partial charge in [0.1, 0.15) is 6.61 Å². The molecular formula is C12H25NO7. The summed E-state index contributed by atoms with van der Waals surface area (Å²) in [4.78, 5) is 0. The normalized spacial score (nSPS) is 36.0. The summed E-state index contributed by atoms with van der Waals surface area (Å²) < 4.78 is 38.6. The summed E-state index contributed by atoms with van der Waals surface area (Å²) in [5.74, 6) is -4.53. The van der Waals surface area contributed by atoms with Gasteiger partial charge in [-0.05, 0) is 6.92 Å². The van der Waals surface area contributed by atoms with E-state index < -0.39 is 23.1 Å². The highest BCUT2D eigenvalue weighted by atomic mass is 16.8. The molecule has 0 spiro atoms. The molecule has 0 radical (unpaired) electrons. The van der Waals surface area contributed by atoms with Crippen molar-refractivity contribution in [3.63, 3.8) is 0 Å². The van der Waals surface area contributed by atoms with Crippen molar-refractivity contribution in [3.05, 3.63) is 0 Å². The number of hydrogen-bond acceptors (Lipinski definition) is 8. The Labute approximate surface area is 119 Å². The molecule has 8 heteroatoms. The molecule has 0 aromatic carbocycles. The zero-order valence-electron chi connectivity index (χ0n) is 13.1. The molecule has 0 aromatic rings. The van der Waals surface area contributed by atoms with E-state index in [1.54, 1.807) is 6.92 Å². The molecule has 2 N–H and O–H groups in total. The lowest BCUT2D eigenvalue weighted by atomic mass is 9.81. The minimum Gasteiger partial charge on any atom is -0.366 e. The van der Waals surface area contributed by atoms with Crippen LogP contribution in [0.3, 0.4) is 0 Å². The average molecular weight is 295 g/mol. The second-order valence-corrected chi connectivity index (χ2v) is 4.58. The van der Waals surface area contributed by atoms with E-state index in [1.807, 2.05) is 0 Å². The third kappa shape index (κ3) is 1.84. The van der Waals surface area contributed by atoms with E-state index in [9.17, 15) is 0 Å². The molecule has 0 aromatic heterocycles. The summed E-state index contributed by atoms with van der Waals surface area (Å²) in [5.41, 5.74) is 4.78. The first-order valence-electron chi connectivity index (χ1n) is 6.06. The lowest BCUT2D eigenvalue weighted by Crippen LogP contribution is -2.85. The highest BCUT2D eigenvalue weighted by Gasteiger charge is 2.77. The Morgan fingerprint density at radius 2 is 1.30 bits per heavy atom. The van der Waals surface area contributed by atoms with E-state index in [2.05, 4.69) is 0 Å². The fourth-order valence-corrected chi connectivity index (χ4v) is 2.81. The van der Waals surface area contributed by atoms with Crippen molar-refractivity contribution in [2.45, 2.75) is 30.0 Å². The van der Waals surface area contributed by atoms with Gasteiger partial charge in [-0.25, -0.2) is 0 Å². The van der Waals surface area contributed by atoms with Crippen LogP contribution in [0.4, 0.5) is 0 Å². The van der Waals surface area contributed by atoms with Crippen LogP contribution in [0.5, 0.6) is 0 Å². The second kappa shape index (κ2) is 5.82. The van der Waals surface area contributed by atoms with Crippen LogP contribution >= 0.6 is 0 Å². The molecular weight excluding hydrogens is 270 g/mol. The van der Waals surface area contributed by atoms with Crippen molar-refractivity contribution in [3.8, 4) is 0 Å². The summed E-state index contributed by atoms with van der Waals surface area (Å²) >= 11 is 0. The van der Waals surface area contributed by atoms with Crippen LogP contribution in [0, 0.1) is 0 Å².